The lowest BCUT2D eigenvalue weighted by Crippen LogP contribution is -2.07. The van der Waals surface area contributed by atoms with Crippen molar-refractivity contribution in [1.29, 1.82) is 0 Å². The van der Waals surface area contributed by atoms with E-state index in [1.165, 1.54) is 16.9 Å². The van der Waals surface area contributed by atoms with Gasteiger partial charge in [0.2, 0.25) is 0 Å². The summed E-state index contributed by atoms with van der Waals surface area (Å²) in [4.78, 5) is 14.1. The molecule has 2 aromatic rings. The van der Waals surface area contributed by atoms with Gasteiger partial charge in [-0.25, -0.2) is 4.79 Å². The van der Waals surface area contributed by atoms with Crippen LogP contribution in [0.5, 0.6) is 0 Å². The molecule has 0 aliphatic carbocycles. The maximum atomic E-state index is 11.6. The number of hydrogen-bond donors (Lipinski definition) is 1. The molecule has 1 heterocycles. The second-order valence-electron chi connectivity index (χ2n) is 4.50. The average molecular weight is 310 g/mol. The SMILES string of the molecule is COC(=O)c1cc(NC(C)c2ccc(C)s2)ccc1Cl. The summed E-state index contributed by atoms with van der Waals surface area (Å²) in [6.45, 7) is 4.16. The minimum absolute atomic E-state index is 0.167. The monoisotopic (exact) mass is 309 g/mol. The first-order valence-electron chi connectivity index (χ1n) is 6.22. The van der Waals surface area contributed by atoms with Crippen molar-refractivity contribution in [3.05, 3.63) is 50.7 Å². The van der Waals surface area contributed by atoms with Crippen LogP contribution in [0.25, 0.3) is 0 Å². The van der Waals surface area contributed by atoms with Crippen LogP contribution in [0.2, 0.25) is 5.02 Å². The molecule has 1 N–H and O–H groups in total. The van der Waals surface area contributed by atoms with E-state index in [2.05, 4.69) is 31.3 Å². The lowest BCUT2D eigenvalue weighted by atomic mass is 10.1. The minimum Gasteiger partial charge on any atom is -0.465 e. The van der Waals surface area contributed by atoms with E-state index in [0.717, 1.165) is 5.69 Å². The van der Waals surface area contributed by atoms with Crippen molar-refractivity contribution in [1.82, 2.24) is 0 Å². The summed E-state index contributed by atoms with van der Waals surface area (Å²) in [5.74, 6) is -0.432. The molecule has 0 aliphatic heterocycles. The van der Waals surface area contributed by atoms with Crippen LogP contribution in [0, 0.1) is 6.92 Å². The molecule has 1 unspecified atom stereocenters. The zero-order valence-corrected chi connectivity index (χ0v) is 13.1. The van der Waals surface area contributed by atoms with Crippen LogP contribution in [0.1, 0.15) is 33.1 Å². The maximum absolute atomic E-state index is 11.6. The molecule has 2 rings (SSSR count). The van der Waals surface area contributed by atoms with E-state index in [4.69, 9.17) is 16.3 Å². The highest BCUT2D eigenvalue weighted by molar-refractivity contribution is 7.12. The van der Waals surface area contributed by atoms with Crippen LogP contribution in [0.4, 0.5) is 5.69 Å². The molecule has 0 aliphatic rings. The largest absolute Gasteiger partial charge is 0.465 e. The number of anilines is 1. The standard InChI is InChI=1S/C15H16ClNO2S/c1-9-4-7-14(20-9)10(2)17-11-5-6-13(16)12(8-11)15(18)19-3/h4-8,10,17H,1-3H3. The van der Waals surface area contributed by atoms with Crippen molar-refractivity contribution in [2.24, 2.45) is 0 Å². The zero-order chi connectivity index (χ0) is 14.7. The van der Waals surface area contributed by atoms with Gasteiger partial charge in [-0.2, -0.15) is 0 Å². The van der Waals surface area contributed by atoms with Gasteiger partial charge in [-0.05, 0) is 44.2 Å². The highest BCUT2D eigenvalue weighted by Crippen LogP contribution is 2.28. The van der Waals surface area contributed by atoms with Gasteiger partial charge in [0.15, 0.2) is 0 Å². The molecule has 0 bridgehead atoms. The number of halogens is 1. The van der Waals surface area contributed by atoms with Crippen molar-refractivity contribution in [3.8, 4) is 0 Å². The van der Waals surface area contributed by atoms with Crippen LogP contribution in [-0.2, 0) is 4.74 Å². The molecule has 0 saturated heterocycles. The van der Waals surface area contributed by atoms with Crippen LogP contribution in [-0.4, -0.2) is 13.1 Å². The first-order chi connectivity index (χ1) is 9.51. The highest BCUT2D eigenvalue weighted by atomic mass is 35.5. The van der Waals surface area contributed by atoms with E-state index < -0.39 is 5.97 Å². The fourth-order valence-corrected chi connectivity index (χ4v) is 2.96. The third-order valence-electron chi connectivity index (χ3n) is 2.94. The lowest BCUT2D eigenvalue weighted by Gasteiger charge is -2.15. The molecule has 1 atom stereocenters. The van der Waals surface area contributed by atoms with Gasteiger partial charge in [0.05, 0.1) is 23.7 Å². The molecule has 0 spiro atoms. The van der Waals surface area contributed by atoms with Crippen molar-refractivity contribution in [3.63, 3.8) is 0 Å². The molecule has 106 valence electrons. The number of nitrogens with one attached hydrogen (secondary N) is 1. The van der Waals surface area contributed by atoms with Gasteiger partial charge in [0.1, 0.15) is 0 Å². The van der Waals surface area contributed by atoms with E-state index in [1.807, 2.05) is 6.07 Å². The van der Waals surface area contributed by atoms with E-state index in [0.29, 0.717) is 10.6 Å². The van der Waals surface area contributed by atoms with E-state index in [9.17, 15) is 4.79 Å². The summed E-state index contributed by atoms with van der Waals surface area (Å²) in [7, 11) is 1.34. The Bertz CT molecular complexity index is 624. The summed E-state index contributed by atoms with van der Waals surface area (Å²) < 4.78 is 4.72. The third-order valence-corrected chi connectivity index (χ3v) is 4.46. The Morgan fingerprint density at radius 2 is 2.10 bits per heavy atom. The molecule has 0 radical (unpaired) electrons. The second-order valence-corrected chi connectivity index (χ2v) is 6.23. The predicted octanol–water partition coefficient (Wildman–Crippen LogP) is 4.67. The van der Waals surface area contributed by atoms with Gasteiger partial charge in [-0.3, -0.25) is 0 Å². The number of carbonyl (C=O) groups is 1. The topological polar surface area (TPSA) is 38.3 Å². The van der Waals surface area contributed by atoms with Crippen LogP contribution < -0.4 is 5.32 Å². The first-order valence-corrected chi connectivity index (χ1v) is 7.41. The van der Waals surface area contributed by atoms with Gasteiger partial charge in [-0.1, -0.05) is 11.6 Å². The van der Waals surface area contributed by atoms with Crippen molar-refractivity contribution >= 4 is 34.6 Å². The number of ether oxygens (including phenoxy) is 1. The van der Waals surface area contributed by atoms with Gasteiger partial charge >= 0.3 is 5.97 Å². The van der Waals surface area contributed by atoms with Gasteiger partial charge < -0.3 is 10.1 Å². The average Bonchev–Trinajstić information content (AvgIpc) is 2.87. The summed E-state index contributed by atoms with van der Waals surface area (Å²) >= 11 is 7.75. The molecule has 1 aromatic carbocycles. The fraction of sp³-hybridized carbons (Fsp3) is 0.267. The van der Waals surface area contributed by atoms with Crippen molar-refractivity contribution < 1.29 is 9.53 Å². The molecular formula is C15H16ClNO2S. The van der Waals surface area contributed by atoms with Crippen LogP contribution in [0.3, 0.4) is 0 Å². The fourth-order valence-electron chi connectivity index (χ4n) is 1.89. The quantitative estimate of drug-likeness (QED) is 0.834. The Morgan fingerprint density at radius 1 is 1.35 bits per heavy atom. The van der Waals surface area contributed by atoms with Crippen LogP contribution >= 0.6 is 22.9 Å². The Morgan fingerprint density at radius 3 is 2.70 bits per heavy atom. The number of aryl methyl sites for hydroxylation is 1. The van der Waals surface area contributed by atoms with Crippen LogP contribution in [0.15, 0.2) is 30.3 Å². The van der Waals surface area contributed by atoms with E-state index in [1.54, 1.807) is 23.5 Å². The minimum atomic E-state index is -0.432. The molecule has 5 heteroatoms. The Balaban J connectivity index is 2.19. The summed E-state index contributed by atoms with van der Waals surface area (Å²) in [5, 5.41) is 3.75. The van der Waals surface area contributed by atoms with Gasteiger partial charge in [-0.15, -0.1) is 11.3 Å². The summed E-state index contributed by atoms with van der Waals surface area (Å²) in [6.07, 6.45) is 0. The predicted molar refractivity (Wildman–Crippen MR) is 83.9 cm³/mol. The molecule has 0 saturated carbocycles. The first kappa shape index (κ1) is 14.9. The Kier molecular flexibility index (Phi) is 4.68. The number of esters is 1. The van der Waals surface area contributed by atoms with Crippen molar-refractivity contribution in [2.45, 2.75) is 19.9 Å². The highest BCUT2D eigenvalue weighted by Gasteiger charge is 2.13. The number of thiophene rings is 1. The number of benzene rings is 1. The van der Waals surface area contributed by atoms with E-state index >= 15 is 0 Å². The summed E-state index contributed by atoms with van der Waals surface area (Å²) in [5.41, 5.74) is 1.21. The lowest BCUT2D eigenvalue weighted by molar-refractivity contribution is 0.0601. The Labute approximate surface area is 127 Å². The van der Waals surface area contributed by atoms with Gasteiger partial charge in [0, 0.05) is 15.4 Å². The molecule has 20 heavy (non-hydrogen) atoms. The molecule has 3 nitrogen and oxygen atoms in total. The van der Waals surface area contributed by atoms with Crippen molar-refractivity contribution in [2.75, 3.05) is 12.4 Å². The third kappa shape index (κ3) is 3.32. The maximum Gasteiger partial charge on any atom is 0.339 e. The zero-order valence-electron chi connectivity index (χ0n) is 11.6. The smallest absolute Gasteiger partial charge is 0.339 e. The second kappa shape index (κ2) is 6.29. The number of hydrogen-bond acceptors (Lipinski definition) is 4. The molecule has 0 amide bonds. The Hall–Kier alpha value is -1.52. The number of methoxy groups -OCH3 is 1. The normalized spacial score (nSPS) is 12.0. The summed E-state index contributed by atoms with van der Waals surface area (Å²) in [6, 6.07) is 9.63. The molecule has 0 fully saturated rings. The van der Waals surface area contributed by atoms with Gasteiger partial charge in [0.25, 0.3) is 0 Å². The van der Waals surface area contributed by atoms with E-state index in [-0.39, 0.29) is 6.04 Å². The molecule has 1 aromatic heterocycles. The number of carbonyl (C=O) groups excluding carboxylic acids is 1. The molecular weight excluding hydrogens is 294 g/mol. The number of rotatable bonds is 4.